The van der Waals surface area contributed by atoms with Gasteiger partial charge in [0, 0.05) is 11.8 Å². The second-order valence-corrected chi connectivity index (χ2v) is 4.43. The van der Waals surface area contributed by atoms with Crippen LogP contribution in [0.15, 0.2) is 52.3 Å². The predicted molar refractivity (Wildman–Crippen MR) is 65.2 cm³/mol. The molecule has 0 saturated heterocycles. The summed E-state index contributed by atoms with van der Waals surface area (Å²) in [6.45, 7) is 0. The topological polar surface area (TPSA) is 69.6 Å². The Bertz CT molecular complexity index is 607. The van der Waals surface area contributed by atoms with Crippen molar-refractivity contribution in [1.29, 1.82) is 0 Å². The number of hydrogen-bond acceptors (Lipinski definition) is 6. The van der Waals surface area contributed by atoms with Crippen LogP contribution >= 0.6 is 11.8 Å². The molecule has 0 atom stereocenters. The number of benzene rings is 1. The minimum atomic E-state index is 0.670. The van der Waals surface area contributed by atoms with Gasteiger partial charge in [0.1, 0.15) is 6.26 Å². The minimum absolute atomic E-state index is 0.670. The van der Waals surface area contributed by atoms with Crippen molar-refractivity contribution in [3.8, 4) is 5.69 Å². The first-order valence-electron chi connectivity index (χ1n) is 5.29. The second kappa shape index (κ2) is 5.01. The normalized spacial score (nSPS) is 10.7. The van der Waals surface area contributed by atoms with Gasteiger partial charge in [0.15, 0.2) is 0 Å². The first-order chi connectivity index (χ1) is 8.93. The van der Waals surface area contributed by atoms with Crippen molar-refractivity contribution < 1.29 is 4.52 Å². The average Bonchev–Trinajstić information content (AvgIpc) is 3.09. The van der Waals surface area contributed by atoms with Gasteiger partial charge in [-0.3, -0.25) is 0 Å². The molecular weight excluding hydrogens is 250 g/mol. The number of nitrogens with zero attached hydrogens (tertiary/aromatic N) is 5. The van der Waals surface area contributed by atoms with Crippen LogP contribution in [0.1, 0.15) is 5.69 Å². The molecule has 90 valence electrons. The Morgan fingerprint density at radius 1 is 1.17 bits per heavy atom. The van der Waals surface area contributed by atoms with Crippen LogP contribution in [-0.4, -0.2) is 25.4 Å². The molecule has 0 saturated carbocycles. The summed E-state index contributed by atoms with van der Waals surface area (Å²) < 4.78 is 6.48. The SMILES string of the molecule is c1ccc(-n2nnnc2SCc2ccon2)cc1. The van der Waals surface area contributed by atoms with E-state index in [1.807, 2.05) is 36.4 Å². The fraction of sp³-hybridized carbons (Fsp3) is 0.0909. The van der Waals surface area contributed by atoms with Crippen molar-refractivity contribution in [3.63, 3.8) is 0 Å². The summed E-state index contributed by atoms with van der Waals surface area (Å²) in [5.74, 6) is 0.670. The van der Waals surface area contributed by atoms with Crippen LogP contribution < -0.4 is 0 Å². The zero-order valence-corrected chi connectivity index (χ0v) is 10.1. The maximum Gasteiger partial charge on any atom is 0.214 e. The lowest BCUT2D eigenvalue weighted by atomic mass is 10.3. The quantitative estimate of drug-likeness (QED) is 0.667. The maximum absolute atomic E-state index is 4.78. The molecule has 6 nitrogen and oxygen atoms in total. The van der Waals surface area contributed by atoms with Crippen LogP contribution in [-0.2, 0) is 5.75 Å². The number of hydrogen-bond donors (Lipinski definition) is 0. The zero-order valence-electron chi connectivity index (χ0n) is 9.30. The molecule has 3 rings (SSSR count). The van der Waals surface area contributed by atoms with Crippen molar-refractivity contribution in [3.05, 3.63) is 48.4 Å². The number of aromatic nitrogens is 5. The third kappa shape index (κ3) is 2.25. The summed E-state index contributed by atoms with van der Waals surface area (Å²) in [5.41, 5.74) is 1.80. The Hall–Kier alpha value is -2.15. The van der Waals surface area contributed by atoms with Crippen LogP contribution in [0, 0.1) is 0 Å². The molecule has 0 amide bonds. The molecular formula is C11H9N5OS. The molecule has 0 aliphatic carbocycles. The average molecular weight is 259 g/mol. The van der Waals surface area contributed by atoms with Gasteiger partial charge in [0.25, 0.3) is 0 Å². The van der Waals surface area contributed by atoms with Crippen molar-refractivity contribution in [2.24, 2.45) is 0 Å². The Morgan fingerprint density at radius 3 is 2.83 bits per heavy atom. The molecule has 7 heteroatoms. The Morgan fingerprint density at radius 2 is 2.06 bits per heavy atom. The summed E-state index contributed by atoms with van der Waals surface area (Å²) in [6, 6.07) is 11.6. The highest BCUT2D eigenvalue weighted by Crippen LogP contribution is 2.21. The van der Waals surface area contributed by atoms with Crippen LogP contribution in [0.3, 0.4) is 0 Å². The summed E-state index contributed by atoms with van der Waals surface area (Å²) in [4.78, 5) is 0. The summed E-state index contributed by atoms with van der Waals surface area (Å²) >= 11 is 1.51. The predicted octanol–water partition coefficient (Wildman–Crippen LogP) is 1.94. The lowest BCUT2D eigenvalue weighted by molar-refractivity contribution is 0.414. The van der Waals surface area contributed by atoms with Crippen LogP contribution in [0.5, 0.6) is 0 Å². The number of rotatable bonds is 4. The Kier molecular flexibility index (Phi) is 3.05. The van der Waals surface area contributed by atoms with E-state index in [1.54, 1.807) is 10.9 Å². The lowest BCUT2D eigenvalue weighted by Crippen LogP contribution is -1.98. The smallest absolute Gasteiger partial charge is 0.214 e. The van der Waals surface area contributed by atoms with Crippen LogP contribution in [0.2, 0.25) is 0 Å². The largest absolute Gasteiger partial charge is 0.364 e. The molecule has 0 spiro atoms. The number of para-hydroxylation sites is 1. The van der Waals surface area contributed by atoms with Crippen LogP contribution in [0.25, 0.3) is 5.69 Å². The van der Waals surface area contributed by atoms with Gasteiger partial charge in [-0.15, -0.1) is 5.10 Å². The Balaban J connectivity index is 1.80. The highest BCUT2D eigenvalue weighted by Gasteiger charge is 2.09. The monoisotopic (exact) mass is 259 g/mol. The minimum Gasteiger partial charge on any atom is -0.364 e. The van der Waals surface area contributed by atoms with E-state index < -0.39 is 0 Å². The summed E-state index contributed by atoms with van der Waals surface area (Å²) in [5, 5.41) is 16.2. The van der Waals surface area contributed by atoms with Gasteiger partial charge >= 0.3 is 0 Å². The number of thioether (sulfide) groups is 1. The van der Waals surface area contributed by atoms with E-state index in [0.717, 1.165) is 16.5 Å². The highest BCUT2D eigenvalue weighted by molar-refractivity contribution is 7.98. The van der Waals surface area contributed by atoms with Gasteiger partial charge < -0.3 is 4.52 Å². The van der Waals surface area contributed by atoms with Crippen molar-refractivity contribution in [1.82, 2.24) is 25.4 Å². The fourth-order valence-electron chi connectivity index (χ4n) is 1.45. The molecule has 0 aliphatic rings. The van der Waals surface area contributed by atoms with Crippen molar-refractivity contribution in [2.75, 3.05) is 0 Å². The Labute approximate surface area is 107 Å². The van der Waals surface area contributed by atoms with Gasteiger partial charge in [-0.2, -0.15) is 4.68 Å². The molecule has 18 heavy (non-hydrogen) atoms. The number of tetrazole rings is 1. The standard InChI is InChI=1S/C11H9N5OS/c1-2-4-10(5-3-1)16-11(12-14-15-16)18-8-9-6-7-17-13-9/h1-7H,8H2. The van der Waals surface area contributed by atoms with Gasteiger partial charge in [-0.1, -0.05) is 35.1 Å². The van der Waals surface area contributed by atoms with E-state index in [-0.39, 0.29) is 0 Å². The van der Waals surface area contributed by atoms with Crippen LogP contribution in [0.4, 0.5) is 0 Å². The molecule has 0 aliphatic heterocycles. The van der Waals surface area contributed by atoms with Gasteiger partial charge in [-0.25, -0.2) is 0 Å². The third-order valence-electron chi connectivity index (χ3n) is 2.28. The van der Waals surface area contributed by atoms with Crippen molar-refractivity contribution >= 4 is 11.8 Å². The molecule has 0 N–H and O–H groups in total. The molecule has 2 heterocycles. The van der Waals surface area contributed by atoms with E-state index in [2.05, 4.69) is 20.7 Å². The first kappa shape index (κ1) is 11.0. The molecule has 2 aromatic heterocycles. The first-order valence-corrected chi connectivity index (χ1v) is 6.28. The molecule has 0 bridgehead atoms. The van der Waals surface area contributed by atoms with E-state index in [1.165, 1.54) is 11.8 Å². The fourth-order valence-corrected chi connectivity index (χ4v) is 2.24. The zero-order chi connectivity index (χ0) is 12.2. The highest BCUT2D eigenvalue weighted by atomic mass is 32.2. The van der Waals surface area contributed by atoms with E-state index >= 15 is 0 Å². The molecule has 1 aromatic carbocycles. The molecule has 0 fully saturated rings. The second-order valence-electron chi connectivity index (χ2n) is 3.49. The van der Waals surface area contributed by atoms with Gasteiger partial charge in [-0.05, 0) is 22.6 Å². The van der Waals surface area contributed by atoms with Crippen molar-refractivity contribution in [2.45, 2.75) is 10.9 Å². The molecule has 0 unspecified atom stereocenters. The summed E-state index contributed by atoms with van der Waals surface area (Å²) in [6.07, 6.45) is 1.55. The molecule has 3 aromatic rings. The van der Waals surface area contributed by atoms with E-state index in [0.29, 0.717) is 5.75 Å². The van der Waals surface area contributed by atoms with Gasteiger partial charge in [0.05, 0.1) is 11.4 Å². The lowest BCUT2D eigenvalue weighted by Gasteiger charge is -2.02. The summed E-state index contributed by atoms with van der Waals surface area (Å²) in [7, 11) is 0. The van der Waals surface area contributed by atoms with E-state index in [4.69, 9.17) is 4.52 Å². The third-order valence-corrected chi connectivity index (χ3v) is 3.23. The van der Waals surface area contributed by atoms with E-state index in [9.17, 15) is 0 Å². The molecule has 0 radical (unpaired) electrons. The van der Waals surface area contributed by atoms with Gasteiger partial charge in [0.2, 0.25) is 5.16 Å². The maximum atomic E-state index is 4.78.